The van der Waals surface area contributed by atoms with Gasteiger partial charge < -0.3 is 5.73 Å². The second-order valence-electron chi connectivity index (χ2n) is 4.45. The number of sulfonamides is 1. The molecule has 0 saturated heterocycles. The lowest BCUT2D eigenvalue weighted by Gasteiger charge is -2.07. The fourth-order valence-electron chi connectivity index (χ4n) is 1.72. The van der Waals surface area contributed by atoms with Gasteiger partial charge in [0.25, 0.3) is 0 Å². The Labute approximate surface area is 123 Å². The molecule has 0 aromatic heterocycles. The predicted molar refractivity (Wildman–Crippen MR) is 81.8 cm³/mol. The van der Waals surface area contributed by atoms with Gasteiger partial charge in [-0.15, -0.1) is 0 Å². The topological polar surface area (TPSA) is 72.2 Å². The first-order chi connectivity index (χ1) is 9.44. The van der Waals surface area contributed by atoms with Gasteiger partial charge in [-0.3, -0.25) is 0 Å². The average molecular weight is 311 g/mol. The van der Waals surface area contributed by atoms with Gasteiger partial charge in [-0.25, -0.2) is 13.1 Å². The van der Waals surface area contributed by atoms with Gasteiger partial charge in [0, 0.05) is 17.3 Å². The number of nitrogens with one attached hydrogen (secondary N) is 1. The maximum absolute atomic E-state index is 12.0. The van der Waals surface area contributed by atoms with Gasteiger partial charge >= 0.3 is 0 Å². The summed E-state index contributed by atoms with van der Waals surface area (Å²) in [6, 6.07) is 13.8. The molecule has 4 nitrogen and oxygen atoms in total. The number of anilines is 1. The standard InChI is InChI=1S/C14H15ClN2O2S/c15-13-3-1-2-12(8-13)9-17-20(18,19)10-11-4-6-14(16)7-5-11/h1-8,17H,9-10,16H2. The molecule has 0 fully saturated rings. The van der Waals surface area contributed by atoms with Gasteiger partial charge in [-0.05, 0) is 35.4 Å². The van der Waals surface area contributed by atoms with Crippen LogP contribution in [0.2, 0.25) is 5.02 Å². The van der Waals surface area contributed by atoms with Crippen molar-refractivity contribution in [1.29, 1.82) is 0 Å². The highest BCUT2D eigenvalue weighted by Gasteiger charge is 2.11. The van der Waals surface area contributed by atoms with Crippen molar-refractivity contribution in [2.45, 2.75) is 12.3 Å². The molecule has 20 heavy (non-hydrogen) atoms. The zero-order chi connectivity index (χ0) is 14.6. The summed E-state index contributed by atoms with van der Waals surface area (Å²) in [5.74, 6) is -0.0755. The van der Waals surface area contributed by atoms with E-state index < -0.39 is 10.0 Å². The van der Waals surface area contributed by atoms with Crippen LogP contribution in [-0.4, -0.2) is 8.42 Å². The number of halogens is 1. The van der Waals surface area contributed by atoms with Gasteiger partial charge in [-0.2, -0.15) is 0 Å². The number of nitrogen functional groups attached to an aromatic ring is 1. The second-order valence-corrected chi connectivity index (χ2v) is 6.69. The zero-order valence-electron chi connectivity index (χ0n) is 10.7. The summed E-state index contributed by atoms with van der Waals surface area (Å²) in [5.41, 5.74) is 7.68. The van der Waals surface area contributed by atoms with Crippen LogP contribution in [0.25, 0.3) is 0 Å². The Morgan fingerprint density at radius 2 is 1.75 bits per heavy atom. The monoisotopic (exact) mass is 310 g/mol. The van der Waals surface area contributed by atoms with Crippen LogP contribution in [0.1, 0.15) is 11.1 Å². The Hall–Kier alpha value is -1.56. The second kappa shape index (κ2) is 6.26. The molecule has 0 aliphatic rings. The van der Waals surface area contributed by atoms with E-state index in [9.17, 15) is 8.42 Å². The molecule has 0 radical (unpaired) electrons. The molecule has 106 valence electrons. The minimum absolute atomic E-state index is 0.0755. The summed E-state index contributed by atoms with van der Waals surface area (Å²) >= 11 is 5.85. The van der Waals surface area contributed by atoms with Crippen molar-refractivity contribution in [2.24, 2.45) is 0 Å². The Morgan fingerprint density at radius 3 is 2.40 bits per heavy atom. The zero-order valence-corrected chi connectivity index (χ0v) is 12.3. The highest BCUT2D eigenvalue weighted by atomic mass is 35.5. The Bertz CT molecular complexity index is 685. The first kappa shape index (κ1) is 14.8. The van der Waals surface area contributed by atoms with E-state index in [1.54, 1.807) is 42.5 Å². The molecule has 0 aliphatic heterocycles. The van der Waals surface area contributed by atoms with Crippen LogP contribution in [0.15, 0.2) is 48.5 Å². The molecule has 2 aromatic carbocycles. The summed E-state index contributed by atoms with van der Waals surface area (Å²) in [6.45, 7) is 0.220. The van der Waals surface area contributed by atoms with Gasteiger partial charge in [0.1, 0.15) is 0 Å². The van der Waals surface area contributed by atoms with Crippen molar-refractivity contribution in [3.63, 3.8) is 0 Å². The number of hydrogen-bond donors (Lipinski definition) is 2. The van der Waals surface area contributed by atoms with Crippen molar-refractivity contribution < 1.29 is 8.42 Å². The molecule has 0 saturated carbocycles. The molecule has 3 N–H and O–H groups in total. The highest BCUT2D eigenvalue weighted by molar-refractivity contribution is 7.88. The van der Waals surface area contributed by atoms with E-state index in [2.05, 4.69) is 4.72 Å². The van der Waals surface area contributed by atoms with Crippen molar-refractivity contribution in [3.05, 3.63) is 64.7 Å². The molecular formula is C14H15ClN2O2S. The van der Waals surface area contributed by atoms with Crippen LogP contribution in [0.5, 0.6) is 0 Å². The Balaban J connectivity index is 1.99. The molecule has 6 heteroatoms. The Kier molecular flexibility index (Phi) is 4.65. The SMILES string of the molecule is Nc1ccc(CS(=O)(=O)NCc2cccc(Cl)c2)cc1. The number of nitrogens with two attached hydrogens (primary N) is 1. The largest absolute Gasteiger partial charge is 0.399 e. The van der Waals surface area contributed by atoms with Crippen LogP contribution in [-0.2, 0) is 22.3 Å². The lowest BCUT2D eigenvalue weighted by atomic mass is 10.2. The maximum atomic E-state index is 12.0. The highest BCUT2D eigenvalue weighted by Crippen LogP contribution is 2.12. The van der Waals surface area contributed by atoms with E-state index in [1.165, 1.54) is 0 Å². The van der Waals surface area contributed by atoms with E-state index in [1.807, 2.05) is 6.07 Å². The summed E-state index contributed by atoms with van der Waals surface area (Å²) in [7, 11) is -3.39. The van der Waals surface area contributed by atoms with E-state index in [0.29, 0.717) is 16.3 Å². The van der Waals surface area contributed by atoms with Crippen LogP contribution in [0.4, 0.5) is 5.69 Å². The first-order valence-corrected chi connectivity index (χ1v) is 8.04. The third kappa shape index (κ3) is 4.52. The van der Waals surface area contributed by atoms with Gasteiger partial charge in [0.2, 0.25) is 10.0 Å². The fourth-order valence-corrected chi connectivity index (χ4v) is 3.06. The molecule has 2 rings (SSSR count). The van der Waals surface area contributed by atoms with E-state index in [4.69, 9.17) is 17.3 Å². The van der Waals surface area contributed by atoms with Crippen LogP contribution in [0.3, 0.4) is 0 Å². The molecule has 0 spiro atoms. The quantitative estimate of drug-likeness (QED) is 0.834. The molecule has 0 atom stereocenters. The smallest absolute Gasteiger partial charge is 0.216 e. The van der Waals surface area contributed by atoms with E-state index >= 15 is 0 Å². The molecule has 2 aromatic rings. The number of rotatable bonds is 5. The maximum Gasteiger partial charge on any atom is 0.216 e. The van der Waals surface area contributed by atoms with Gasteiger partial charge in [0.05, 0.1) is 5.75 Å². The van der Waals surface area contributed by atoms with Crippen molar-refractivity contribution in [1.82, 2.24) is 4.72 Å². The summed E-state index contributed by atoms with van der Waals surface area (Å²) in [4.78, 5) is 0. The van der Waals surface area contributed by atoms with Crippen LogP contribution < -0.4 is 10.5 Å². The average Bonchev–Trinajstić information content (AvgIpc) is 2.39. The number of benzene rings is 2. The first-order valence-electron chi connectivity index (χ1n) is 6.01. The number of hydrogen-bond acceptors (Lipinski definition) is 3. The van der Waals surface area contributed by atoms with Crippen molar-refractivity contribution in [3.8, 4) is 0 Å². The minimum atomic E-state index is -3.39. The Morgan fingerprint density at radius 1 is 1.05 bits per heavy atom. The van der Waals surface area contributed by atoms with Crippen LogP contribution >= 0.6 is 11.6 Å². The van der Waals surface area contributed by atoms with Crippen molar-refractivity contribution in [2.75, 3.05) is 5.73 Å². The summed E-state index contributed by atoms with van der Waals surface area (Å²) in [6.07, 6.45) is 0. The molecule has 0 heterocycles. The molecular weight excluding hydrogens is 296 g/mol. The minimum Gasteiger partial charge on any atom is -0.399 e. The fraction of sp³-hybridized carbons (Fsp3) is 0.143. The third-order valence-corrected chi connectivity index (χ3v) is 4.25. The predicted octanol–water partition coefficient (Wildman–Crippen LogP) is 2.54. The summed E-state index contributed by atoms with van der Waals surface area (Å²) < 4.78 is 26.5. The van der Waals surface area contributed by atoms with Crippen LogP contribution in [0, 0.1) is 0 Å². The molecule has 0 unspecified atom stereocenters. The molecule has 0 aliphatic carbocycles. The third-order valence-electron chi connectivity index (χ3n) is 2.72. The van der Waals surface area contributed by atoms with Gasteiger partial charge in [0.15, 0.2) is 0 Å². The van der Waals surface area contributed by atoms with Crippen molar-refractivity contribution >= 4 is 27.3 Å². The molecule has 0 bridgehead atoms. The summed E-state index contributed by atoms with van der Waals surface area (Å²) in [5, 5.41) is 0.584. The lowest BCUT2D eigenvalue weighted by molar-refractivity contribution is 0.580. The van der Waals surface area contributed by atoms with Gasteiger partial charge in [-0.1, -0.05) is 35.9 Å². The lowest BCUT2D eigenvalue weighted by Crippen LogP contribution is -2.24. The normalized spacial score (nSPS) is 11.4. The van der Waals surface area contributed by atoms with E-state index in [-0.39, 0.29) is 12.3 Å². The van der Waals surface area contributed by atoms with E-state index in [0.717, 1.165) is 5.56 Å². The molecule has 0 amide bonds.